The normalized spacial score (nSPS) is 22.6. The molecule has 1 aromatic rings. The van der Waals surface area contributed by atoms with E-state index in [-0.39, 0.29) is 11.9 Å². The van der Waals surface area contributed by atoms with E-state index in [1.165, 1.54) is 0 Å². The van der Waals surface area contributed by atoms with Crippen molar-refractivity contribution in [3.63, 3.8) is 0 Å². The van der Waals surface area contributed by atoms with E-state index in [0.717, 1.165) is 45.7 Å². The van der Waals surface area contributed by atoms with Crippen molar-refractivity contribution in [1.29, 1.82) is 0 Å². The van der Waals surface area contributed by atoms with Crippen molar-refractivity contribution < 1.29 is 4.79 Å². The fraction of sp³-hybridized carbons (Fsp3) is 0.647. The molecule has 0 aliphatic carbocycles. The van der Waals surface area contributed by atoms with E-state index >= 15 is 0 Å². The highest BCUT2D eigenvalue weighted by atomic mass is 16.2. The van der Waals surface area contributed by atoms with E-state index < -0.39 is 0 Å². The van der Waals surface area contributed by atoms with Gasteiger partial charge in [-0.05, 0) is 32.4 Å². The standard InChI is InChI=1S/C17H27N5O/c1-13(2)20-16-15(4-3-6-19-16)17(23)22-9-5-14(12-22)21-10-7-18-8-11-21/h3-4,6,13-14,18H,5,7-12H2,1-2H3,(H,19,20). The first-order valence-corrected chi connectivity index (χ1v) is 8.60. The SMILES string of the molecule is CC(C)Nc1ncccc1C(=O)N1CCC(N2CCNCC2)C1. The van der Waals surface area contributed by atoms with Gasteiger partial charge in [0.25, 0.3) is 5.91 Å². The summed E-state index contributed by atoms with van der Waals surface area (Å²) in [6, 6.07) is 4.46. The molecule has 1 amide bonds. The molecular formula is C17H27N5O. The summed E-state index contributed by atoms with van der Waals surface area (Å²) < 4.78 is 0. The first kappa shape index (κ1) is 16.2. The van der Waals surface area contributed by atoms with Crippen molar-refractivity contribution >= 4 is 11.7 Å². The van der Waals surface area contributed by atoms with Crippen molar-refractivity contribution in [2.75, 3.05) is 44.6 Å². The van der Waals surface area contributed by atoms with Crippen LogP contribution in [0.2, 0.25) is 0 Å². The number of amides is 1. The molecule has 0 radical (unpaired) electrons. The van der Waals surface area contributed by atoms with Gasteiger partial charge in [0.15, 0.2) is 0 Å². The summed E-state index contributed by atoms with van der Waals surface area (Å²) in [5.41, 5.74) is 0.683. The third-order valence-electron chi connectivity index (χ3n) is 4.58. The molecule has 23 heavy (non-hydrogen) atoms. The first-order valence-electron chi connectivity index (χ1n) is 8.60. The molecule has 3 rings (SSSR count). The number of nitrogens with one attached hydrogen (secondary N) is 2. The Bertz CT molecular complexity index is 542. The number of piperazine rings is 1. The maximum atomic E-state index is 12.9. The number of rotatable bonds is 4. The lowest BCUT2D eigenvalue weighted by atomic mass is 10.2. The lowest BCUT2D eigenvalue weighted by Gasteiger charge is -2.32. The molecule has 2 N–H and O–H groups in total. The molecule has 0 aromatic carbocycles. The molecule has 6 nitrogen and oxygen atoms in total. The Morgan fingerprint density at radius 2 is 2.13 bits per heavy atom. The number of carbonyl (C=O) groups excluding carboxylic acids is 1. The van der Waals surface area contributed by atoms with E-state index in [4.69, 9.17) is 0 Å². The highest BCUT2D eigenvalue weighted by Crippen LogP contribution is 2.21. The molecule has 6 heteroatoms. The van der Waals surface area contributed by atoms with Crippen LogP contribution in [-0.4, -0.2) is 72.0 Å². The maximum absolute atomic E-state index is 12.9. The zero-order chi connectivity index (χ0) is 16.2. The molecule has 2 aliphatic rings. The van der Waals surface area contributed by atoms with Gasteiger partial charge in [0, 0.05) is 57.5 Å². The van der Waals surface area contributed by atoms with Crippen LogP contribution in [0, 0.1) is 0 Å². The number of hydrogen-bond acceptors (Lipinski definition) is 5. The van der Waals surface area contributed by atoms with Crippen LogP contribution >= 0.6 is 0 Å². The number of hydrogen-bond donors (Lipinski definition) is 2. The van der Waals surface area contributed by atoms with E-state index in [2.05, 4.69) is 34.4 Å². The van der Waals surface area contributed by atoms with Crippen molar-refractivity contribution in [3.8, 4) is 0 Å². The van der Waals surface area contributed by atoms with E-state index in [1.807, 2.05) is 17.0 Å². The van der Waals surface area contributed by atoms with Crippen LogP contribution in [0.25, 0.3) is 0 Å². The summed E-state index contributed by atoms with van der Waals surface area (Å²) >= 11 is 0. The van der Waals surface area contributed by atoms with Gasteiger partial charge in [-0.2, -0.15) is 0 Å². The van der Waals surface area contributed by atoms with Gasteiger partial charge in [0.05, 0.1) is 5.56 Å². The Morgan fingerprint density at radius 3 is 2.87 bits per heavy atom. The van der Waals surface area contributed by atoms with Gasteiger partial charge < -0.3 is 15.5 Å². The number of likely N-dealkylation sites (tertiary alicyclic amines) is 1. The van der Waals surface area contributed by atoms with E-state index in [1.54, 1.807) is 6.20 Å². The first-order chi connectivity index (χ1) is 11.1. The van der Waals surface area contributed by atoms with Gasteiger partial charge in [-0.3, -0.25) is 9.69 Å². The molecule has 3 heterocycles. The minimum atomic E-state index is 0.0962. The van der Waals surface area contributed by atoms with Crippen LogP contribution in [0.1, 0.15) is 30.6 Å². The number of anilines is 1. The molecule has 0 bridgehead atoms. The zero-order valence-electron chi connectivity index (χ0n) is 14.1. The van der Waals surface area contributed by atoms with Gasteiger partial charge in [-0.15, -0.1) is 0 Å². The molecule has 1 aromatic heterocycles. The third-order valence-corrected chi connectivity index (χ3v) is 4.58. The lowest BCUT2D eigenvalue weighted by Crippen LogP contribution is -2.49. The number of aromatic nitrogens is 1. The molecular weight excluding hydrogens is 290 g/mol. The number of pyridine rings is 1. The van der Waals surface area contributed by atoms with Crippen molar-refractivity contribution in [2.24, 2.45) is 0 Å². The second-order valence-electron chi connectivity index (χ2n) is 6.68. The van der Waals surface area contributed by atoms with Gasteiger partial charge >= 0.3 is 0 Å². The summed E-state index contributed by atoms with van der Waals surface area (Å²) in [6.07, 6.45) is 2.80. The number of nitrogens with zero attached hydrogens (tertiary/aromatic N) is 3. The summed E-state index contributed by atoms with van der Waals surface area (Å²) in [7, 11) is 0. The smallest absolute Gasteiger partial charge is 0.257 e. The van der Waals surface area contributed by atoms with Gasteiger partial charge in [0.2, 0.25) is 0 Å². The van der Waals surface area contributed by atoms with Crippen molar-refractivity contribution in [2.45, 2.75) is 32.4 Å². The Morgan fingerprint density at radius 1 is 1.35 bits per heavy atom. The average molecular weight is 317 g/mol. The van der Waals surface area contributed by atoms with Gasteiger partial charge in [0.1, 0.15) is 5.82 Å². The molecule has 0 saturated carbocycles. The highest BCUT2D eigenvalue weighted by molar-refractivity contribution is 5.98. The van der Waals surface area contributed by atoms with Crippen molar-refractivity contribution in [1.82, 2.24) is 20.1 Å². The maximum Gasteiger partial charge on any atom is 0.257 e. The predicted molar refractivity (Wildman–Crippen MR) is 91.7 cm³/mol. The summed E-state index contributed by atoms with van der Waals surface area (Å²) in [5, 5.41) is 6.66. The van der Waals surface area contributed by atoms with Crippen LogP contribution in [-0.2, 0) is 0 Å². The monoisotopic (exact) mass is 317 g/mol. The molecule has 2 aliphatic heterocycles. The second-order valence-corrected chi connectivity index (χ2v) is 6.68. The Hall–Kier alpha value is -1.66. The van der Waals surface area contributed by atoms with Crippen LogP contribution in [0.15, 0.2) is 18.3 Å². The summed E-state index contributed by atoms with van der Waals surface area (Å²) in [5.74, 6) is 0.789. The topological polar surface area (TPSA) is 60.5 Å². The quantitative estimate of drug-likeness (QED) is 0.868. The fourth-order valence-electron chi connectivity index (χ4n) is 3.41. The van der Waals surface area contributed by atoms with E-state index in [0.29, 0.717) is 17.4 Å². The molecule has 2 saturated heterocycles. The molecule has 126 valence electrons. The highest BCUT2D eigenvalue weighted by Gasteiger charge is 2.32. The van der Waals surface area contributed by atoms with Gasteiger partial charge in [-0.1, -0.05) is 0 Å². The second kappa shape index (κ2) is 7.27. The third kappa shape index (κ3) is 3.82. The van der Waals surface area contributed by atoms with Crippen LogP contribution in [0.5, 0.6) is 0 Å². The Kier molecular flexibility index (Phi) is 5.13. The molecule has 1 unspecified atom stereocenters. The Balaban J connectivity index is 1.67. The number of carbonyl (C=O) groups is 1. The Labute approximate surface area is 138 Å². The zero-order valence-corrected chi connectivity index (χ0v) is 14.1. The molecule has 0 spiro atoms. The molecule has 2 fully saturated rings. The average Bonchev–Trinajstić information content (AvgIpc) is 3.05. The van der Waals surface area contributed by atoms with Crippen LogP contribution in [0.3, 0.4) is 0 Å². The molecule has 1 atom stereocenters. The summed E-state index contributed by atoms with van der Waals surface area (Å²) in [4.78, 5) is 21.7. The minimum Gasteiger partial charge on any atom is -0.367 e. The van der Waals surface area contributed by atoms with Crippen LogP contribution in [0.4, 0.5) is 5.82 Å². The largest absolute Gasteiger partial charge is 0.367 e. The lowest BCUT2D eigenvalue weighted by molar-refractivity contribution is 0.0774. The van der Waals surface area contributed by atoms with Crippen LogP contribution < -0.4 is 10.6 Å². The predicted octanol–water partition coefficient (Wildman–Crippen LogP) is 1.02. The van der Waals surface area contributed by atoms with Crippen molar-refractivity contribution in [3.05, 3.63) is 23.9 Å². The van der Waals surface area contributed by atoms with E-state index in [9.17, 15) is 4.79 Å². The minimum absolute atomic E-state index is 0.0962. The van der Waals surface area contributed by atoms with Gasteiger partial charge in [-0.25, -0.2) is 4.98 Å². The summed E-state index contributed by atoms with van der Waals surface area (Å²) in [6.45, 7) is 10.0. The fourth-order valence-corrected chi connectivity index (χ4v) is 3.41.